The molecule has 2 heterocycles. The molecule has 2 atom stereocenters. The van der Waals surface area contributed by atoms with E-state index in [9.17, 15) is 23.2 Å². The molecule has 0 spiro atoms. The molecule has 9 nitrogen and oxygen atoms in total. The number of hydrazine groups is 1. The molecule has 2 saturated heterocycles. The first kappa shape index (κ1) is 29.0. The van der Waals surface area contributed by atoms with Gasteiger partial charge in [-0.15, -0.1) is 0 Å². The topological polar surface area (TPSA) is 79.4 Å². The molecule has 4 amide bonds. The molecule has 0 saturated carbocycles. The second-order valence-electron chi connectivity index (χ2n) is 10.8. The zero-order chi connectivity index (χ0) is 30.0. The van der Waals surface area contributed by atoms with Gasteiger partial charge in [0, 0.05) is 52.4 Å². The molecule has 0 aromatic heterocycles. The number of hydrogen-bond acceptors (Lipinski definition) is 5. The Bertz CT molecular complexity index is 1460. The van der Waals surface area contributed by atoms with Gasteiger partial charge < -0.3 is 20.0 Å². The van der Waals surface area contributed by atoms with Crippen molar-refractivity contribution in [2.75, 3.05) is 39.1 Å². The van der Waals surface area contributed by atoms with Gasteiger partial charge in [-0.25, -0.2) is 13.6 Å². The number of piperazine rings is 1. The summed E-state index contributed by atoms with van der Waals surface area (Å²) in [4.78, 5) is 45.3. The van der Waals surface area contributed by atoms with Crippen LogP contribution in [0.4, 0.5) is 19.3 Å². The van der Waals surface area contributed by atoms with Gasteiger partial charge in [0.1, 0.15) is 12.2 Å². The van der Waals surface area contributed by atoms with Crippen LogP contribution in [0.5, 0.6) is 0 Å². The molecule has 0 unspecified atom stereocenters. The van der Waals surface area contributed by atoms with Crippen LogP contribution in [0, 0.1) is 11.6 Å². The predicted octanol–water partition coefficient (Wildman–Crippen LogP) is 3.21. The van der Waals surface area contributed by atoms with Gasteiger partial charge >= 0.3 is 6.03 Å². The lowest BCUT2D eigenvalue weighted by molar-refractivity contribution is -0.157. The SMILES string of the molecule is CN(C)c1cc(F)c(F)cc1CN1C[C@H]2N(C(=O)CN2N(C)C(=O)NCc2ccccc2)[C@@H](Cc2ccccc2)C1=O. The maximum Gasteiger partial charge on any atom is 0.332 e. The molecule has 3 aromatic carbocycles. The third-order valence-corrected chi connectivity index (χ3v) is 7.77. The van der Waals surface area contributed by atoms with Gasteiger partial charge in [0.25, 0.3) is 0 Å². The summed E-state index contributed by atoms with van der Waals surface area (Å²) in [5.74, 6) is -2.54. The summed E-state index contributed by atoms with van der Waals surface area (Å²) in [5, 5.41) is 5.91. The zero-order valence-corrected chi connectivity index (χ0v) is 23.8. The third-order valence-electron chi connectivity index (χ3n) is 7.77. The summed E-state index contributed by atoms with van der Waals surface area (Å²) in [6, 6.07) is 19.9. The molecule has 220 valence electrons. The van der Waals surface area contributed by atoms with Crippen LogP contribution in [-0.2, 0) is 29.1 Å². The van der Waals surface area contributed by atoms with Crippen LogP contribution in [-0.4, -0.2) is 84.1 Å². The maximum atomic E-state index is 14.3. The van der Waals surface area contributed by atoms with E-state index in [1.54, 1.807) is 40.9 Å². The Kier molecular flexibility index (Phi) is 8.39. The first-order chi connectivity index (χ1) is 20.1. The molecular formula is C31H34F2N6O3. The number of anilines is 1. The van der Waals surface area contributed by atoms with E-state index in [1.165, 1.54) is 5.01 Å². The molecule has 3 aromatic rings. The van der Waals surface area contributed by atoms with Gasteiger partial charge in [0.2, 0.25) is 11.8 Å². The lowest BCUT2D eigenvalue weighted by Gasteiger charge is -2.46. The number of halogens is 2. The molecule has 0 aliphatic carbocycles. The van der Waals surface area contributed by atoms with Gasteiger partial charge in [-0.1, -0.05) is 60.7 Å². The molecule has 1 N–H and O–H groups in total. The van der Waals surface area contributed by atoms with E-state index in [1.807, 2.05) is 60.7 Å². The number of benzene rings is 3. The van der Waals surface area contributed by atoms with Crippen LogP contribution in [0.15, 0.2) is 72.8 Å². The average Bonchev–Trinajstić information content (AvgIpc) is 3.31. The molecular weight excluding hydrogens is 542 g/mol. The van der Waals surface area contributed by atoms with E-state index in [-0.39, 0.29) is 37.9 Å². The van der Waals surface area contributed by atoms with Crippen molar-refractivity contribution < 1.29 is 23.2 Å². The van der Waals surface area contributed by atoms with Crippen LogP contribution in [0.25, 0.3) is 0 Å². The van der Waals surface area contributed by atoms with Crippen molar-refractivity contribution in [2.24, 2.45) is 0 Å². The van der Waals surface area contributed by atoms with Crippen molar-refractivity contribution in [1.82, 2.24) is 25.1 Å². The summed E-state index contributed by atoms with van der Waals surface area (Å²) in [5.41, 5.74) is 2.68. The van der Waals surface area contributed by atoms with E-state index in [0.29, 0.717) is 17.8 Å². The van der Waals surface area contributed by atoms with Crippen LogP contribution in [0.3, 0.4) is 0 Å². The van der Waals surface area contributed by atoms with Crippen molar-refractivity contribution in [1.29, 1.82) is 0 Å². The van der Waals surface area contributed by atoms with Crippen LogP contribution in [0.1, 0.15) is 16.7 Å². The standard InChI is InChI=1S/C31H34F2N6O3/c1-35(2)26-16-25(33)24(32)15-23(26)18-37-19-28-38(36(3)31(42)34-17-22-12-8-5-9-13-22)20-29(40)39(28)27(30(37)41)14-21-10-6-4-7-11-21/h4-13,15-16,27-28H,14,17-20H2,1-3H3,(H,34,42)/t27-,28+/m0/s1. The second kappa shape index (κ2) is 12.2. The number of nitrogens with one attached hydrogen (secondary N) is 1. The fourth-order valence-corrected chi connectivity index (χ4v) is 5.62. The van der Waals surface area contributed by atoms with Crippen molar-refractivity contribution in [3.05, 3.63) is 101 Å². The van der Waals surface area contributed by atoms with Gasteiger partial charge in [0.15, 0.2) is 11.6 Å². The molecule has 2 aliphatic rings. The minimum atomic E-state index is -1.00. The van der Waals surface area contributed by atoms with Crippen LogP contribution < -0.4 is 10.2 Å². The Hall–Kier alpha value is -4.51. The van der Waals surface area contributed by atoms with Crippen molar-refractivity contribution in [3.8, 4) is 0 Å². The Morgan fingerprint density at radius 2 is 1.55 bits per heavy atom. The maximum absolute atomic E-state index is 14.3. The highest BCUT2D eigenvalue weighted by molar-refractivity contribution is 5.92. The van der Waals surface area contributed by atoms with Gasteiger partial charge in [-0.2, -0.15) is 5.01 Å². The number of nitrogens with zero attached hydrogens (tertiary/aromatic N) is 5. The molecule has 5 rings (SSSR count). The number of carbonyl (C=O) groups excluding carboxylic acids is 3. The largest absolute Gasteiger partial charge is 0.377 e. The number of hydrogen-bond donors (Lipinski definition) is 1. The monoisotopic (exact) mass is 576 g/mol. The molecule has 11 heteroatoms. The van der Waals surface area contributed by atoms with Crippen molar-refractivity contribution in [3.63, 3.8) is 0 Å². The lowest BCUT2D eigenvalue weighted by atomic mass is 9.99. The van der Waals surface area contributed by atoms with Gasteiger partial charge in [-0.05, 0) is 22.8 Å². The first-order valence-electron chi connectivity index (χ1n) is 13.7. The van der Waals surface area contributed by atoms with Gasteiger partial charge in [0.05, 0.1) is 13.1 Å². The fraction of sp³-hybridized carbons (Fsp3) is 0.323. The third kappa shape index (κ3) is 5.91. The number of urea groups is 1. The summed E-state index contributed by atoms with van der Waals surface area (Å²) in [7, 11) is 5.02. The Morgan fingerprint density at radius 3 is 2.19 bits per heavy atom. The number of fused-ring (bicyclic) bond motifs is 1. The van der Waals surface area contributed by atoms with E-state index < -0.39 is 29.9 Å². The number of carbonyl (C=O) groups is 3. The summed E-state index contributed by atoms with van der Waals surface area (Å²) in [6.45, 7) is 0.314. The van der Waals surface area contributed by atoms with Crippen LogP contribution in [0.2, 0.25) is 0 Å². The summed E-state index contributed by atoms with van der Waals surface area (Å²) < 4.78 is 28.5. The molecule has 2 fully saturated rings. The highest BCUT2D eigenvalue weighted by Crippen LogP contribution is 2.31. The summed E-state index contributed by atoms with van der Waals surface area (Å²) >= 11 is 0. The van der Waals surface area contributed by atoms with E-state index in [0.717, 1.165) is 23.3 Å². The lowest BCUT2D eigenvalue weighted by Crippen LogP contribution is -2.65. The van der Waals surface area contributed by atoms with Crippen molar-refractivity contribution in [2.45, 2.75) is 31.7 Å². The predicted molar refractivity (Wildman–Crippen MR) is 154 cm³/mol. The fourth-order valence-electron chi connectivity index (χ4n) is 5.62. The Labute approximate surface area is 243 Å². The molecule has 2 aliphatic heterocycles. The molecule has 42 heavy (non-hydrogen) atoms. The first-order valence-corrected chi connectivity index (χ1v) is 13.7. The Balaban J connectivity index is 1.43. The quantitative estimate of drug-likeness (QED) is 0.446. The minimum absolute atomic E-state index is 0.00508. The summed E-state index contributed by atoms with van der Waals surface area (Å²) in [6.07, 6.45) is -0.362. The van der Waals surface area contributed by atoms with E-state index in [2.05, 4.69) is 5.32 Å². The minimum Gasteiger partial charge on any atom is -0.377 e. The molecule has 0 bridgehead atoms. The van der Waals surface area contributed by atoms with E-state index in [4.69, 9.17) is 0 Å². The van der Waals surface area contributed by atoms with E-state index >= 15 is 0 Å². The average molecular weight is 577 g/mol. The number of rotatable bonds is 8. The van der Waals surface area contributed by atoms with Gasteiger partial charge in [-0.3, -0.25) is 14.6 Å². The molecule has 0 radical (unpaired) electrons. The van der Waals surface area contributed by atoms with Crippen LogP contribution >= 0.6 is 0 Å². The second-order valence-corrected chi connectivity index (χ2v) is 10.8. The number of amides is 4. The highest BCUT2D eigenvalue weighted by atomic mass is 19.2. The zero-order valence-electron chi connectivity index (χ0n) is 23.8. The van der Waals surface area contributed by atoms with Crippen molar-refractivity contribution >= 4 is 23.5 Å². The smallest absolute Gasteiger partial charge is 0.332 e. The highest BCUT2D eigenvalue weighted by Gasteiger charge is 2.51. The Morgan fingerprint density at radius 1 is 0.929 bits per heavy atom. The normalized spacial score (nSPS) is 18.7.